The molecule has 0 spiro atoms. The van der Waals surface area contributed by atoms with Crippen LogP contribution in [0.2, 0.25) is 0 Å². The Morgan fingerprint density at radius 2 is 1.88 bits per heavy atom. The smallest absolute Gasteiger partial charge is 0.331 e. The van der Waals surface area contributed by atoms with Crippen molar-refractivity contribution in [3.63, 3.8) is 0 Å². The van der Waals surface area contributed by atoms with Crippen molar-refractivity contribution in [2.45, 2.75) is 51.3 Å². The van der Waals surface area contributed by atoms with Crippen molar-refractivity contribution in [2.75, 3.05) is 0 Å². The number of nitrogens with zero attached hydrogens (tertiary/aromatic N) is 2. The van der Waals surface area contributed by atoms with E-state index in [0.29, 0.717) is 17.7 Å². The van der Waals surface area contributed by atoms with Gasteiger partial charge in [-0.2, -0.15) is 0 Å². The number of carbonyl (C=O) groups excluding carboxylic acids is 2. The van der Waals surface area contributed by atoms with Crippen LogP contribution in [0.5, 0.6) is 0 Å². The van der Waals surface area contributed by atoms with Crippen molar-refractivity contribution in [1.82, 2.24) is 9.29 Å². The van der Waals surface area contributed by atoms with E-state index in [0.717, 1.165) is 17.1 Å². The van der Waals surface area contributed by atoms with E-state index in [4.69, 9.17) is 9.15 Å². The molecule has 34 heavy (non-hydrogen) atoms. The number of ketones is 1. The Morgan fingerprint density at radius 1 is 1.15 bits per heavy atom. The lowest BCUT2D eigenvalue weighted by atomic mass is 10.1. The lowest BCUT2D eigenvalue weighted by Gasteiger charge is -2.15. The van der Waals surface area contributed by atoms with Crippen molar-refractivity contribution < 1.29 is 27.2 Å². The molecule has 10 heteroatoms. The molecule has 1 aromatic carbocycles. The first-order valence-electron chi connectivity index (χ1n) is 10.7. The molecule has 2 unspecified atom stereocenters. The van der Waals surface area contributed by atoms with E-state index in [1.807, 2.05) is 24.5 Å². The number of sulfonamides is 1. The number of amidine groups is 1. The number of Topliss-reactive ketones (excluding diaryl/α,β-unsaturated/α-hetero) is 1. The molecule has 0 saturated carbocycles. The molecule has 9 nitrogen and oxygen atoms in total. The standard InChI is InChI=1S/C24H25N3O6S/c1-14-12-20(16(3)27(14)13-18-8-7-11-32-18)22(28)17(4)33-24(29)15(2)25-23-19-9-5-6-10-21(19)34(30,31)26-23/h5-12,15,17H,13H2,1-4H3,(H,25,26). The number of hydrogen-bond acceptors (Lipinski definition) is 7. The summed E-state index contributed by atoms with van der Waals surface area (Å²) in [5.41, 5.74) is 2.46. The Balaban J connectivity index is 1.47. The number of rotatable bonds is 7. The predicted octanol–water partition coefficient (Wildman–Crippen LogP) is 2.99. The SMILES string of the molecule is Cc1cc(C(=O)C(C)OC(=O)C(C)N=C2NS(=O)(=O)c3ccccc32)c(C)n1Cc1ccco1. The molecule has 3 heterocycles. The fourth-order valence-corrected chi connectivity index (χ4v) is 5.11. The Kier molecular flexibility index (Phi) is 6.18. The molecule has 2 atom stereocenters. The summed E-state index contributed by atoms with van der Waals surface area (Å²) < 4.78 is 39.6. The van der Waals surface area contributed by atoms with Gasteiger partial charge in [-0.1, -0.05) is 12.1 Å². The van der Waals surface area contributed by atoms with Crippen LogP contribution in [0.25, 0.3) is 0 Å². The summed E-state index contributed by atoms with van der Waals surface area (Å²) in [5.74, 6) is -0.238. The number of carbonyl (C=O) groups is 2. The third-order valence-corrected chi connectivity index (χ3v) is 7.12. The van der Waals surface area contributed by atoms with Crippen LogP contribution in [0.4, 0.5) is 0 Å². The monoisotopic (exact) mass is 483 g/mol. The summed E-state index contributed by atoms with van der Waals surface area (Å²) in [4.78, 5) is 30.0. The summed E-state index contributed by atoms with van der Waals surface area (Å²) >= 11 is 0. The zero-order valence-corrected chi connectivity index (χ0v) is 20.0. The van der Waals surface area contributed by atoms with E-state index < -0.39 is 28.1 Å². The van der Waals surface area contributed by atoms with Crippen molar-refractivity contribution >= 4 is 27.6 Å². The average Bonchev–Trinajstić information content (AvgIpc) is 3.47. The number of aliphatic imine (C=N–C) groups is 1. The third-order valence-electron chi connectivity index (χ3n) is 5.72. The van der Waals surface area contributed by atoms with Gasteiger partial charge in [0.1, 0.15) is 17.6 Å². The topological polar surface area (TPSA) is 120 Å². The second-order valence-electron chi connectivity index (χ2n) is 8.15. The molecule has 1 aliphatic rings. The first kappa shape index (κ1) is 23.5. The second-order valence-corrected chi connectivity index (χ2v) is 9.80. The minimum atomic E-state index is -3.72. The van der Waals surface area contributed by atoms with Crippen LogP contribution < -0.4 is 4.72 Å². The van der Waals surface area contributed by atoms with Crippen LogP contribution >= 0.6 is 0 Å². The molecule has 4 rings (SSSR count). The van der Waals surface area contributed by atoms with Crippen LogP contribution in [0.1, 0.15) is 46.9 Å². The van der Waals surface area contributed by atoms with Crippen LogP contribution in [-0.4, -0.2) is 42.7 Å². The number of aromatic nitrogens is 1. The molecular weight excluding hydrogens is 458 g/mol. The number of furan rings is 1. The van der Waals surface area contributed by atoms with Gasteiger partial charge in [-0.05, 0) is 58.0 Å². The Hall–Kier alpha value is -3.66. The maximum atomic E-state index is 13.0. The number of ether oxygens (including phenoxy) is 1. The van der Waals surface area contributed by atoms with E-state index in [2.05, 4.69) is 9.71 Å². The first-order valence-corrected chi connectivity index (χ1v) is 12.2. The molecule has 0 saturated heterocycles. The summed E-state index contributed by atoms with van der Waals surface area (Å²) in [6, 6.07) is 10.8. The van der Waals surface area contributed by atoms with Crippen LogP contribution in [0.3, 0.4) is 0 Å². The molecule has 178 valence electrons. The molecule has 3 aromatic rings. The number of fused-ring (bicyclic) bond motifs is 1. The van der Waals surface area contributed by atoms with Gasteiger partial charge in [-0.15, -0.1) is 0 Å². The molecule has 0 amide bonds. The van der Waals surface area contributed by atoms with Gasteiger partial charge in [-0.25, -0.2) is 13.2 Å². The lowest BCUT2D eigenvalue weighted by molar-refractivity contribution is -0.147. The van der Waals surface area contributed by atoms with Gasteiger partial charge in [0.05, 0.1) is 17.7 Å². The Bertz CT molecular complexity index is 1390. The Morgan fingerprint density at radius 3 is 2.59 bits per heavy atom. The highest BCUT2D eigenvalue weighted by molar-refractivity contribution is 7.90. The summed E-state index contributed by atoms with van der Waals surface area (Å²) in [6.45, 7) is 7.19. The Labute approximate surface area is 197 Å². The van der Waals surface area contributed by atoms with Crippen molar-refractivity contribution in [3.05, 3.63) is 77.0 Å². The second kappa shape index (κ2) is 8.94. The van der Waals surface area contributed by atoms with Gasteiger partial charge in [0.25, 0.3) is 10.0 Å². The maximum Gasteiger partial charge on any atom is 0.331 e. The van der Waals surface area contributed by atoms with Gasteiger partial charge in [-0.3, -0.25) is 14.5 Å². The van der Waals surface area contributed by atoms with Crippen molar-refractivity contribution in [3.8, 4) is 0 Å². The number of benzene rings is 1. The minimum absolute atomic E-state index is 0.0699. The highest BCUT2D eigenvalue weighted by Crippen LogP contribution is 2.23. The molecule has 2 aromatic heterocycles. The highest BCUT2D eigenvalue weighted by atomic mass is 32.2. The predicted molar refractivity (Wildman–Crippen MR) is 124 cm³/mol. The van der Waals surface area contributed by atoms with Gasteiger partial charge in [0, 0.05) is 22.5 Å². The maximum absolute atomic E-state index is 13.0. The van der Waals surface area contributed by atoms with Crippen LogP contribution in [-0.2, 0) is 26.1 Å². The molecule has 1 N–H and O–H groups in total. The average molecular weight is 484 g/mol. The fourth-order valence-electron chi connectivity index (χ4n) is 3.87. The van der Waals surface area contributed by atoms with E-state index in [1.54, 1.807) is 36.6 Å². The zero-order valence-electron chi connectivity index (χ0n) is 19.2. The summed E-state index contributed by atoms with van der Waals surface area (Å²) in [6.07, 6.45) is 0.553. The molecule has 1 aliphatic heterocycles. The fraction of sp³-hybridized carbons (Fsp3) is 0.292. The summed E-state index contributed by atoms with van der Waals surface area (Å²) in [5, 5.41) is 0. The lowest BCUT2D eigenvalue weighted by Crippen LogP contribution is -2.31. The van der Waals surface area contributed by atoms with E-state index in [1.165, 1.54) is 19.9 Å². The van der Waals surface area contributed by atoms with E-state index in [9.17, 15) is 18.0 Å². The van der Waals surface area contributed by atoms with Gasteiger partial charge < -0.3 is 13.7 Å². The first-order chi connectivity index (χ1) is 16.1. The summed E-state index contributed by atoms with van der Waals surface area (Å²) in [7, 11) is -3.72. The number of aryl methyl sites for hydroxylation is 1. The zero-order chi connectivity index (χ0) is 24.6. The molecule has 0 fully saturated rings. The number of esters is 1. The quantitative estimate of drug-likeness (QED) is 0.408. The van der Waals surface area contributed by atoms with Gasteiger partial charge in [0.15, 0.2) is 6.10 Å². The van der Waals surface area contributed by atoms with Crippen LogP contribution in [0, 0.1) is 13.8 Å². The van der Waals surface area contributed by atoms with Crippen LogP contribution in [0.15, 0.2) is 63.0 Å². The van der Waals surface area contributed by atoms with Gasteiger partial charge in [0.2, 0.25) is 5.78 Å². The van der Waals surface area contributed by atoms with E-state index in [-0.39, 0.29) is 16.5 Å². The highest BCUT2D eigenvalue weighted by Gasteiger charge is 2.32. The molecule has 0 radical (unpaired) electrons. The van der Waals surface area contributed by atoms with Crippen molar-refractivity contribution in [2.24, 2.45) is 4.99 Å². The van der Waals surface area contributed by atoms with Gasteiger partial charge >= 0.3 is 5.97 Å². The minimum Gasteiger partial charge on any atom is -0.467 e. The number of nitrogens with one attached hydrogen (secondary N) is 1. The molecule has 0 aliphatic carbocycles. The largest absolute Gasteiger partial charge is 0.467 e. The normalized spacial score (nSPS) is 17.1. The molecule has 0 bridgehead atoms. The third kappa shape index (κ3) is 4.41. The van der Waals surface area contributed by atoms with Crippen molar-refractivity contribution in [1.29, 1.82) is 0 Å². The number of hydrogen-bond donors (Lipinski definition) is 1. The van der Waals surface area contributed by atoms with E-state index >= 15 is 0 Å². The molecular formula is C24H25N3O6S.